The van der Waals surface area contributed by atoms with Gasteiger partial charge in [-0.15, -0.1) is 6.58 Å². The molecule has 2 aliphatic heterocycles. The molecule has 2 aromatic rings. The highest BCUT2D eigenvalue weighted by Gasteiger charge is 2.73. The lowest BCUT2D eigenvalue weighted by atomic mass is 9.48. The smallest absolute Gasteiger partial charge is 0.416 e. The molecule has 2 fully saturated rings. The molecule has 4 aliphatic rings. The standard InChI is InChI=1S/C35H39F3N2O5/c1-4-6-18-40(29(42)13-10-23-8-7-9-25(20-23)35(36,37)38)26-14-15-34(43)28-21-24-11-12-27(44-22(3)41)31-30(24)33(34,32(26)45-31)16-19-39(28)17-5-2/h5,7-13,20,26,28,32,43H,2,4,6,14-19,21H2,1,3H3/b13-10+/t26?,28-,32?,33+,34-/m1/s1. The van der Waals surface area contributed by atoms with Crippen molar-refractivity contribution in [1.82, 2.24) is 9.80 Å². The maximum absolute atomic E-state index is 13.9. The Kier molecular flexibility index (Phi) is 8.10. The summed E-state index contributed by atoms with van der Waals surface area (Å²) in [6, 6.07) is 7.96. The highest BCUT2D eigenvalue weighted by molar-refractivity contribution is 5.92. The number of likely N-dealkylation sites (tertiary alicyclic amines) is 1. The van der Waals surface area contributed by atoms with Crippen LogP contribution in [0.1, 0.15) is 68.2 Å². The molecule has 2 heterocycles. The Morgan fingerprint density at radius 1 is 1.24 bits per heavy atom. The number of rotatable bonds is 9. The third kappa shape index (κ3) is 5.06. The van der Waals surface area contributed by atoms with Gasteiger partial charge in [-0.05, 0) is 74.1 Å². The summed E-state index contributed by atoms with van der Waals surface area (Å²) in [7, 11) is 0. The molecular formula is C35H39F3N2O5. The first-order valence-corrected chi connectivity index (χ1v) is 15.7. The van der Waals surface area contributed by atoms with Gasteiger partial charge in [-0.25, -0.2) is 0 Å². The van der Waals surface area contributed by atoms with Crippen molar-refractivity contribution >= 4 is 18.0 Å². The molecule has 240 valence electrons. The molecule has 1 saturated carbocycles. The van der Waals surface area contributed by atoms with Crippen molar-refractivity contribution in [2.45, 2.75) is 87.8 Å². The number of esters is 1. The van der Waals surface area contributed by atoms with E-state index in [0.717, 1.165) is 36.1 Å². The Hall–Kier alpha value is -3.63. The number of aliphatic hydroxyl groups is 1. The quantitative estimate of drug-likeness (QED) is 0.167. The van der Waals surface area contributed by atoms with Crippen LogP contribution in [0.5, 0.6) is 11.5 Å². The molecule has 1 spiro atoms. The van der Waals surface area contributed by atoms with Gasteiger partial charge in [0.15, 0.2) is 11.5 Å². The lowest BCUT2D eigenvalue weighted by Gasteiger charge is -2.64. The van der Waals surface area contributed by atoms with Gasteiger partial charge < -0.3 is 19.5 Å². The molecule has 7 nitrogen and oxygen atoms in total. The fourth-order valence-corrected chi connectivity index (χ4v) is 8.38. The number of hydrogen-bond donors (Lipinski definition) is 1. The minimum absolute atomic E-state index is 0.185. The zero-order valence-electron chi connectivity index (χ0n) is 25.6. The number of unbranched alkanes of at least 4 members (excludes halogenated alkanes) is 1. The number of ether oxygens (including phenoxy) is 2. The third-order valence-electron chi connectivity index (χ3n) is 10.2. The maximum Gasteiger partial charge on any atom is 0.416 e. The van der Waals surface area contributed by atoms with E-state index in [1.807, 2.05) is 19.1 Å². The number of hydrogen-bond acceptors (Lipinski definition) is 6. The molecule has 45 heavy (non-hydrogen) atoms. The molecule has 2 unspecified atom stereocenters. The number of nitrogens with zero attached hydrogens (tertiary/aromatic N) is 2. The molecule has 0 aromatic heterocycles. The van der Waals surface area contributed by atoms with Crippen LogP contribution in [0.2, 0.25) is 0 Å². The number of benzene rings is 2. The minimum atomic E-state index is -4.49. The summed E-state index contributed by atoms with van der Waals surface area (Å²) in [5, 5.41) is 12.8. The lowest BCUT2D eigenvalue weighted by molar-refractivity contribution is -0.199. The molecule has 1 amide bonds. The fourth-order valence-electron chi connectivity index (χ4n) is 8.38. The van der Waals surface area contributed by atoms with Crippen molar-refractivity contribution in [3.8, 4) is 11.5 Å². The molecule has 1 saturated heterocycles. The third-order valence-corrected chi connectivity index (χ3v) is 10.2. The van der Waals surface area contributed by atoms with Crippen molar-refractivity contribution < 1.29 is 37.3 Å². The zero-order valence-corrected chi connectivity index (χ0v) is 25.6. The second-order valence-corrected chi connectivity index (χ2v) is 12.7. The number of amides is 1. The van der Waals surface area contributed by atoms with Crippen molar-refractivity contribution in [3.05, 3.63) is 77.4 Å². The van der Waals surface area contributed by atoms with Gasteiger partial charge in [-0.1, -0.05) is 37.6 Å². The van der Waals surface area contributed by atoms with Gasteiger partial charge in [0.05, 0.1) is 22.6 Å². The second kappa shape index (κ2) is 11.6. The predicted octanol–water partition coefficient (Wildman–Crippen LogP) is 5.68. The predicted molar refractivity (Wildman–Crippen MR) is 163 cm³/mol. The van der Waals surface area contributed by atoms with Gasteiger partial charge >= 0.3 is 12.1 Å². The summed E-state index contributed by atoms with van der Waals surface area (Å²) in [5.74, 6) is -0.0582. The number of halogens is 3. The van der Waals surface area contributed by atoms with E-state index >= 15 is 0 Å². The summed E-state index contributed by atoms with van der Waals surface area (Å²) in [4.78, 5) is 30.0. The molecule has 2 aliphatic carbocycles. The molecule has 2 bridgehead atoms. The van der Waals surface area contributed by atoms with E-state index in [2.05, 4.69) is 11.5 Å². The molecule has 5 atom stereocenters. The highest BCUT2D eigenvalue weighted by atomic mass is 19.4. The van der Waals surface area contributed by atoms with E-state index in [9.17, 15) is 27.9 Å². The Morgan fingerprint density at radius 3 is 2.76 bits per heavy atom. The van der Waals surface area contributed by atoms with Crippen LogP contribution in [-0.4, -0.2) is 70.2 Å². The SMILES string of the molecule is C=CCN1CC[C@]23c4c5ccc(OC(C)=O)c4OC2C(N(CCCC)C(=O)/C=C/c2cccc(C(F)(F)F)c2)CC[C@@]3(O)[C@H]1C5. The molecule has 0 radical (unpaired) electrons. The average molecular weight is 625 g/mol. The van der Waals surface area contributed by atoms with Crippen LogP contribution in [0, 0.1) is 0 Å². The first kappa shape index (κ1) is 31.4. The van der Waals surface area contributed by atoms with Crippen LogP contribution in [0.3, 0.4) is 0 Å². The van der Waals surface area contributed by atoms with Crippen LogP contribution < -0.4 is 9.47 Å². The Morgan fingerprint density at radius 2 is 2.04 bits per heavy atom. The number of carbonyl (C=O) groups excluding carboxylic acids is 2. The number of piperidine rings is 1. The van der Waals surface area contributed by atoms with E-state index in [0.29, 0.717) is 56.8 Å². The zero-order chi connectivity index (χ0) is 32.1. The summed E-state index contributed by atoms with van der Waals surface area (Å²) in [6.07, 6.45) is 3.13. The van der Waals surface area contributed by atoms with Gasteiger partial charge in [-0.3, -0.25) is 14.5 Å². The number of carbonyl (C=O) groups is 2. The molecule has 1 N–H and O–H groups in total. The van der Waals surface area contributed by atoms with E-state index in [-0.39, 0.29) is 17.5 Å². The molecule has 2 aromatic carbocycles. The van der Waals surface area contributed by atoms with Gasteiger partial charge in [0, 0.05) is 37.7 Å². The molecule has 6 rings (SSSR count). The van der Waals surface area contributed by atoms with Crippen molar-refractivity contribution in [2.24, 2.45) is 0 Å². The number of alkyl halides is 3. The monoisotopic (exact) mass is 624 g/mol. The van der Waals surface area contributed by atoms with Crippen LogP contribution >= 0.6 is 0 Å². The van der Waals surface area contributed by atoms with Gasteiger partial charge in [0.25, 0.3) is 0 Å². The molecular weight excluding hydrogens is 585 g/mol. The maximum atomic E-state index is 13.9. The summed E-state index contributed by atoms with van der Waals surface area (Å²) >= 11 is 0. The van der Waals surface area contributed by atoms with E-state index in [4.69, 9.17) is 9.47 Å². The van der Waals surface area contributed by atoms with Crippen LogP contribution in [0.4, 0.5) is 13.2 Å². The minimum Gasteiger partial charge on any atom is -0.483 e. The Labute approximate surface area is 261 Å². The Bertz CT molecular complexity index is 1540. The highest BCUT2D eigenvalue weighted by Crippen LogP contribution is 2.66. The topological polar surface area (TPSA) is 79.3 Å². The van der Waals surface area contributed by atoms with Gasteiger partial charge in [0.2, 0.25) is 5.91 Å². The summed E-state index contributed by atoms with van der Waals surface area (Å²) in [6.45, 7) is 9.04. The fraction of sp³-hybridized carbons (Fsp3) is 0.486. The van der Waals surface area contributed by atoms with E-state index in [1.165, 1.54) is 31.2 Å². The first-order valence-electron chi connectivity index (χ1n) is 15.7. The lowest BCUT2D eigenvalue weighted by Crippen LogP contribution is -2.78. The van der Waals surface area contributed by atoms with Crippen molar-refractivity contribution in [2.75, 3.05) is 19.6 Å². The molecule has 10 heteroatoms. The van der Waals surface area contributed by atoms with E-state index in [1.54, 1.807) is 11.0 Å². The van der Waals surface area contributed by atoms with Crippen LogP contribution in [0.25, 0.3) is 6.08 Å². The second-order valence-electron chi connectivity index (χ2n) is 12.7. The van der Waals surface area contributed by atoms with E-state index < -0.39 is 40.9 Å². The van der Waals surface area contributed by atoms with Crippen LogP contribution in [-0.2, 0) is 27.6 Å². The van der Waals surface area contributed by atoms with Crippen molar-refractivity contribution in [1.29, 1.82) is 0 Å². The van der Waals surface area contributed by atoms with Gasteiger partial charge in [0.1, 0.15) is 6.10 Å². The normalized spacial score (nSPS) is 28.4. The summed E-state index contributed by atoms with van der Waals surface area (Å²) in [5.41, 5.74) is -0.603. The average Bonchev–Trinajstić information content (AvgIpc) is 3.35. The Balaban J connectivity index is 1.41. The van der Waals surface area contributed by atoms with Crippen LogP contribution in [0.15, 0.2) is 55.1 Å². The van der Waals surface area contributed by atoms with Crippen molar-refractivity contribution in [3.63, 3.8) is 0 Å². The largest absolute Gasteiger partial charge is 0.483 e. The summed E-state index contributed by atoms with van der Waals surface area (Å²) < 4.78 is 52.3. The first-order chi connectivity index (χ1) is 21.4. The van der Waals surface area contributed by atoms with Gasteiger partial charge in [-0.2, -0.15) is 13.2 Å².